The highest BCUT2D eigenvalue weighted by molar-refractivity contribution is 7.99. The van der Waals surface area contributed by atoms with E-state index >= 15 is 0 Å². The zero-order valence-corrected chi connectivity index (χ0v) is 9.32. The van der Waals surface area contributed by atoms with Crippen LogP contribution in [0.4, 0.5) is 5.69 Å². The highest BCUT2D eigenvalue weighted by Crippen LogP contribution is 2.26. The van der Waals surface area contributed by atoms with E-state index in [0.717, 1.165) is 10.8 Å². The Bertz CT molecular complexity index is 289. The molecule has 0 atom stereocenters. The van der Waals surface area contributed by atoms with E-state index in [9.17, 15) is 0 Å². The first-order valence-electron chi connectivity index (χ1n) is 4.13. The highest BCUT2D eigenvalue weighted by atomic mass is 35.5. The van der Waals surface area contributed by atoms with E-state index < -0.39 is 0 Å². The molecule has 0 aliphatic rings. The molecule has 1 rings (SSSR count). The number of pyridine rings is 1. The number of thioether (sulfide) groups is 1. The number of anilines is 1. The summed E-state index contributed by atoms with van der Waals surface area (Å²) in [5.41, 5.74) is 6.40. The van der Waals surface area contributed by atoms with Gasteiger partial charge in [-0.05, 0) is 12.0 Å². The number of halogens is 1. The van der Waals surface area contributed by atoms with Crippen molar-refractivity contribution >= 4 is 29.1 Å². The molecule has 72 valence electrons. The quantitative estimate of drug-likeness (QED) is 0.790. The summed E-state index contributed by atoms with van der Waals surface area (Å²) in [6.45, 7) is 4.33. The van der Waals surface area contributed by atoms with Gasteiger partial charge < -0.3 is 5.73 Å². The minimum atomic E-state index is 0.589. The van der Waals surface area contributed by atoms with Crippen molar-refractivity contribution in [1.82, 2.24) is 4.98 Å². The van der Waals surface area contributed by atoms with Crippen LogP contribution in [0, 0.1) is 5.92 Å². The molecule has 0 radical (unpaired) electrons. The van der Waals surface area contributed by atoms with Gasteiger partial charge in [-0.2, -0.15) is 0 Å². The summed E-state index contributed by atoms with van der Waals surface area (Å²) in [6.07, 6.45) is 1.63. The van der Waals surface area contributed by atoms with Crippen LogP contribution >= 0.6 is 23.4 Å². The zero-order chi connectivity index (χ0) is 9.84. The lowest BCUT2D eigenvalue weighted by molar-refractivity contribution is 0.749. The van der Waals surface area contributed by atoms with E-state index in [-0.39, 0.29) is 0 Å². The average Bonchev–Trinajstić information content (AvgIpc) is 2.02. The van der Waals surface area contributed by atoms with Crippen molar-refractivity contribution in [3.05, 3.63) is 17.3 Å². The van der Waals surface area contributed by atoms with E-state index in [4.69, 9.17) is 17.3 Å². The lowest BCUT2D eigenvalue weighted by atomic mass is 10.3. The van der Waals surface area contributed by atoms with Crippen LogP contribution in [-0.4, -0.2) is 10.7 Å². The van der Waals surface area contributed by atoms with E-state index in [2.05, 4.69) is 18.8 Å². The van der Waals surface area contributed by atoms with Gasteiger partial charge >= 0.3 is 0 Å². The van der Waals surface area contributed by atoms with Gasteiger partial charge in [0, 0.05) is 11.9 Å². The van der Waals surface area contributed by atoms with E-state index in [1.165, 1.54) is 0 Å². The SMILES string of the molecule is CC(C)CSc1ncc(Cl)cc1N. The summed E-state index contributed by atoms with van der Waals surface area (Å²) in [6, 6.07) is 1.73. The van der Waals surface area contributed by atoms with Crippen LogP contribution in [0.25, 0.3) is 0 Å². The van der Waals surface area contributed by atoms with Gasteiger partial charge in [-0.25, -0.2) is 4.98 Å². The number of nitrogens with two attached hydrogens (primary N) is 1. The maximum Gasteiger partial charge on any atom is 0.119 e. The van der Waals surface area contributed by atoms with Crippen molar-refractivity contribution < 1.29 is 0 Å². The van der Waals surface area contributed by atoms with Crippen LogP contribution in [0.2, 0.25) is 5.02 Å². The Morgan fingerprint density at radius 2 is 2.31 bits per heavy atom. The third-order valence-electron chi connectivity index (χ3n) is 1.40. The molecular weight excluding hydrogens is 204 g/mol. The van der Waals surface area contributed by atoms with Gasteiger partial charge in [-0.1, -0.05) is 25.4 Å². The number of nitrogen functional groups attached to an aromatic ring is 1. The number of rotatable bonds is 3. The standard InChI is InChI=1S/C9H13ClN2S/c1-6(2)5-13-9-8(11)3-7(10)4-12-9/h3-4,6H,5,11H2,1-2H3. The molecule has 0 fully saturated rings. The summed E-state index contributed by atoms with van der Waals surface area (Å²) >= 11 is 7.40. The summed E-state index contributed by atoms with van der Waals surface area (Å²) in [5.74, 6) is 1.67. The van der Waals surface area contributed by atoms with E-state index in [0.29, 0.717) is 16.6 Å². The van der Waals surface area contributed by atoms with Gasteiger partial charge in [0.25, 0.3) is 0 Å². The van der Waals surface area contributed by atoms with Crippen LogP contribution in [-0.2, 0) is 0 Å². The monoisotopic (exact) mass is 216 g/mol. The maximum absolute atomic E-state index is 5.74. The van der Waals surface area contributed by atoms with E-state index in [1.807, 2.05) is 0 Å². The molecule has 0 aliphatic heterocycles. The summed E-state index contributed by atoms with van der Waals surface area (Å²) < 4.78 is 0. The Hall–Kier alpha value is -0.410. The first kappa shape index (κ1) is 10.7. The molecule has 2 nitrogen and oxygen atoms in total. The Labute approximate surface area is 87.9 Å². The van der Waals surface area contributed by atoms with Gasteiger partial charge in [0.15, 0.2) is 0 Å². The number of hydrogen-bond acceptors (Lipinski definition) is 3. The molecule has 0 unspecified atom stereocenters. The predicted octanol–water partition coefficient (Wildman–Crippen LogP) is 3.07. The second-order valence-electron chi connectivity index (χ2n) is 3.25. The number of nitrogens with zero attached hydrogens (tertiary/aromatic N) is 1. The van der Waals surface area contributed by atoms with Crippen LogP contribution in [0.1, 0.15) is 13.8 Å². The smallest absolute Gasteiger partial charge is 0.119 e. The summed E-state index contributed by atoms with van der Waals surface area (Å²) in [4.78, 5) is 4.16. The van der Waals surface area contributed by atoms with E-state index in [1.54, 1.807) is 24.0 Å². The molecule has 4 heteroatoms. The molecule has 1 heterocycles. The molecular formula is C9H13ClN2S. The topological polar surface area (TPSA) is 38.9 Å². The fourth-order valence-electron chi connectivity index (χ4n) is 0.809. The van der Waals surface area contributed by atoms with Crippen molar-refractivity contribution in [3.63, 3.8) is 0 Å². The molecule has 0 bridgehead atoms. The third-order valence-corrected chi connectivity index (χ3v) is 3.05. The molecule has 0 aliphatic carbocycles. The fraction of sp³-hybridized carbons (Fsp3) is 0.444. The fourth-order valence-corrected chi connectivity index (χ4v) is 1.82. The second kappa shape index (κ2) is 4.72. The summed E-state index contributed by atoms with van der Waals surface area (Å²) in [5, 5.41) is 1.46. The Morgan fingerprint density at radius 3 is 2.85 bits per heavy atom. The largest absolute Gasteiger partial charge is 0.397 e. The first-order chi connectivity index (χ1) is 6.09. The Morgan fingerprint density at radius 1 is 1.62 bits per heavy atom. The third kappa shape index (κ3) is 3.44. The van der Waals surface area contributed by atoms with Crippen LogP contribution in [0.5, 0.6) is 0 Å². The van der Waals surface area contributed by atoms with Crippen LogP contribution < -0.4 is 5.73 Å². The molecule has 0 amide bonds. The van der Waals surface area contributed by atoms with Crippen LogP contribution in [0.3, 0.4) is 0 Å². The van der Waals surface area contributed by atoms with Gasteiger partial charge in [-0.3, -0.25) is 0 Å². The zero-order valence-electron chi connectivity index (χ0n) is 7.75. The molecule has 0 saturated carbocycles. The van der Waals surface area contributed by atoms with Crippen LogP contribution in [0.15, 0.2) is 17.3 Å². The van der Waals surface area contributed by atoms with Crippen molar-refractivity contribution in [2.45, 2.75) is 18.9 Å². The summed E-state index contributed by atoms with van der Waals surface area (Å²) in [7, 11) is 0. The molecule has 2 N–H and O–H groups in total. The highest BCUT2D eigenvalue weighted by Gasteiger charge is 2.03. The minimum absolute atomic E-state index is 0.589. The lowest BCUT2D eigenvalue weighted by Gasteiger charge is -2.06. The lowest BCUT2D eigenvalue weighted by Crippen LogP contribution is -1.95. The molecule has 0 spiro atoms. The Kier molecular flexibility index (Phi) is 3.88. The normalized spacial score (nSPS) is 10.8. The van der Waals surface area contributed by atoms with Gasteiger partial charge in [0.05, 0.1) is 10.7 Å². The minimum Gasteiger partial charge on any atom is -0.397 e. The molecule has 1 aromatic heterocycles. The number of aromatic nitrogens is 1. The van der Waals surface area contributed by atoms with Gasteiger partial charge in [0.1, 0.15) is 5.03 Å². The second-order valence-corrected chi connectivity index (χ2v) is 4.70. The molecule has 0 aromatic carbocycles. The Balaban J connectivity index is 2.67. The van der Waals surface area contributed by atoms with Gasteiger partial charge in [0.2, 0.25) is 0 Å². The van der Waals surface area contributed by atoms with Crippen molar-refractivity contribution in [2.75, 3.05) is 11.5 Å². The molecule has 0 saturated heterocycles. The first-order valence-corrected chi connectivity index (χ1v) is 5.49. The van der Waals surface area contributed by atoms with Crippen molar-refractivity contribution in [2.24, 2.45) is 5.92 Å². The van der Waals surface area contributed by atoms with Crippen molar-refractivity contribution in [3.8, 4) is 0 Å². The maximum atomic E-state index is 5.74. The van der Waals surface area contributed by atoms with Crippen molar-refractivity contribution in [1.29, 1.82) is 0 Å². The van der Waals surface area contributed by atoms with Gasteiger partial charge in [-0.15, -0.1) is 11.8 Å². The molecule has 13 heavy (non-hydrogen) atoms. The molecule has 1 aromatic rings. The number of hydrogen-bond donors (Lipinski definition) is 1. The predicted molar refractivity (Wildman–Crippen MR) is 59.2 cm³/mol. The average molecular weight is 217 g/mol.